The highest BCUT2D eigenvalue weighted by Gasteiger charge is 2.44. The van der Waals surface area contributed by atoms with Crippen LogP contribution in [0.1, 0.15) is 33.7 Å². The largest absolute Gasteiger partial charge is 0.379 e. The summed E-state index contributed by atoms with van der Waals surface area (Å²) in [5.74, 6) is -0.0523. The summed E-state index contributed by atoms with van der Waals surface area (Å²) in [5.41, 5.74) is 0.925. The van der Waals surface area contributed by atoms with Crippen molar-refractivity contribution in [2.24, 2.45) is 5.92 Å². The number of morpholine rings is 1. The third-order valence-electron chi connectivity index (χ3n) is 5.45. The number of hydrogen-bond donors (Lipinski definition) is 1. The molecule has 1 saturated heterocycles. The van der Waals surface area contributed by atoms with Gasteiger partial charge in [-0.3, -0.25) is 9.69 Å². The van der Waals surface area contributed by atoms with Crippen molar-refractivity contribution in [3.63, 3.8) is 0 Å². The quantitative estimate of drug-likeness (QED) is 0.824. The highest BCUT2D eigenvalue weighted by molar-refractivity contribution is 7.12. The zero-order valence-electron chi connectivity index (χ0n) is 15.5. The molecule has 2 fully saturated rings. The molecule has 1 aromatic carbocycles. The van der Waals surface area contributed by atoms with Gasteiger partial charge in [-0.05, 0) is 49.1 Å². The molecule has 1 aromatic heterocycles. The van der Waals surface area contributed by atoms with Crippen LogP contribution in [0.15, 0.2) is 36.4 Å². The van der Waals surface area contributed by atoms with Crippen molar-refractivity contribution in [1.82, 2.24) is 10.2 Å². The third kappa shape index (κ3) is 4.39. The summed E-state index contributed by atoms with van der Waals surface area (Å²) in [6, 6.07) is 11.1. The van der Waals surface area contributed by atoms with Crippen LogP contribution in [0.25, 0.3) is 0 Å². The van der Waals surface area contributed by atoms with Crippen molar-refractivity contribution >= 4 is 17.2 Å². The van der Waals surface area contributed by atoms with Gasteiger partial charge in [0.2, 0.25) is 5.91 Å². The molecule has 6 heteroatoms. The zero-order chi connectivity index (χ0) is 18.8. The molecule has 4 nitrogen and oxygen atoms in total. The van der Waals surface area contributed by atoms with Crippen LogP contribution in [-0.4, -0.2) is 43.7 Å². The number of rotatable bonds is 6. The Hall–Kier alpha value is -1.76. The lowest BCUT2D eigenvalue weighted by atomic mass is 10.1. The lowest BCUT2D eigenvalue weighted by molar-refractivity contribution is -0.122. The van der Waals surface area contributed by atoms with E-state index in [1.807, 2.05) is 6.07 Å². The molecule has 2 aromatic rings. The Balaban J connectivity index is 1.38. The fraction of sp³-hybridized carbons (Fsp3) is 0.476. The van der Waals surface area contributed by atoms with E-state index in [0.29, 0.717) is 6.54 Å². The summed E-state index contributed by atoms with van der Waals surface area (Å²) in [6.45, 7) is 5.94. The number of nitrogens with zero attached hydrogens (tertiary/aromatic N) is 1. The van der Waals surface area contributed by atoms with E-state index in [1.165, 1.54) is 15.8 Å². The summed E-state index contributed by atoms with van der Waals surface area (Å²) in [4.78, 5) is 17.6. The molecule has 3 unspecified atom stereocenters. The van der Waals surface area contributed by atoms with E-state index in [4.69, 9.17) is 4.74 Å². The normalized spacial score (nSPS) is 23.8. The lowest BCUT2D eigenvalue weighted by Gasteiger charge is -2.34. The van der Waals surface area contributed by atoms with Gasteiger partial charge in [0, 0.05) is 35.3 Å². The Kier molecular flexibility index (Phi) is 5.57. The van der Waals surface area contributed by atoms with Crippen LogP contribution >= 0.6 is 11.3 Å². The second-order valence-corrected chi connectivity index (χ2v) is 8.68. The first-order valence-corrected chi connectivity index (χ1v) is 10.3. The number of ether oxygens (including phenoxy) is 1. The second-order valence-electron chi connectivity index (χ2n) is 7.36. The maximum Gasteiger partial charge on any atom is 0.223 e. The smallest absolute Gasteiger partial charge is 0.223 e. The molecule has 0 radical (unpaired) electrons. The van der Waals surface area contributed by atoms with E-state index in [0.717, 1.165) is 38.3 Å². The van der Waals surface area contributed by atoms with Crippen LogP contribution in [0, 0.1) is 18.7 Å². The molecule has 1 aliphatic carbocycles. The molecule has 0 spiro atoms. The number of carbonyl (C=O) groups is 1. The summed E-state index contributed by atoms with van der Waals surface area (Å²) < 4.78 is 18.9. The molecule has 1 saturated carbocycles. The van der Waals surface area contributed by atoms with Gasteiger partial charge in [-0.1, -0.05) is 12.1 Å². The van der Waals surface area contributed by atoms with Gasteiger partial charge in [0.1, 0.15) is 5.82 Å². The van der Waals surface area contributed by atoms with Gasteiger partial charge < -0.3 is 10.1 Å². The Morgan fingerprint density at radius 2 is 2.15 bits per heavy atom. The van der Waals surface area contributed by atoms with E-state index in [-0.39, 0.29) is 29.6 Å². The van der Waals surface area contributed by atoms with Crippen LogP contribution in [0.4, 0.5) is 4.39 Å². The molecule has 144 valence electrons. The molecule has 1 aliphatic heterocycles. The van der Waals surface area contributed by atoms with Crippen LogP contribution in [-0.2, 0) is 9.53 Å². The predicted molar refractivity (Wildman–Crippen MR) is 104 cm³/mol. The Morgan fingerprint density at radius 3 is 2.85 bits per heavy atom. The standard InChI is InChI=1S/C21H25FN2O2S/c1-14-5-6-20(27-14)19(24-7-9-26-10-8-24)13-23-21(25)18-12-17(18)15-3-2-4-16(22)11-15/h2-6,11,17-19H,7-10,12-13H2,1H3,(H,23,25). The molecule has 2 aliphatic rings. The minimum atomic E-state index is -0.237. The molecule has 1 amide bonds. The van der Waals surface area contributed by atoms with Crippen molar-refractivity contribution in [1.29, 1.82) is 0 Å². The minimum Gasteiger partial charge on any atom is -0.379 e. The van der Waals surface area contributed by atoms with Gasteiger partial charge >= 0.3 is 0 Å². The zero-order valence-corrected chi connectivity index (χ0v) is 16.3. The fourth-order valence-electron chi connectivity index (χ4n) is 3.85. The maximum atomic E-state index is 13.4. The molecule has 2 heterocycles. The maximum absolute atomic E-state index is 13.4. The second kappa shape index (κ2) is 8.09. The molecule has 0 bridgehead atoms. The van der Waals surface area contributed by atoms with Crippen molar-refractivity contribution < 1.29 is 13.9 Å². The first kappa shape index (κ1) is 18.6. The molecule has 3 atom stereocenters. The monoisotopic (exact) mass is 388 g/mol. The highest BCUT2D eigenvalue weighted by atomic mass is 32.1. The first-order chi connectivity index (χ1) is 13.1. The topological polar surface area (TPSA) is 41.6 Å². The van der Waals surface area contributed by atoms with Crippen molar-refractivity contribution in [2.45, 2.75) is 25.3 Å². The van der Waals surface area contributed by atoms with Gasteiger partial charge in [-0.25, -0.2) is 4.39 Å². The minimum absolute atomic E-state index is 0.0396. The molecule has 1 N–H and O–H groups in total. The third-order valence-corrected chi connectivity index (χ3v) is 6.55. The summed E-state index contributed by atoms with van der Waals surface area (Å²) in [6.07, 6.45) is 0.801. The number of halogens is 1. The Bertz CT molecular complexity index is 803. The van der Waals surface area contributed by atoms with Gasteiger partial charge in [0.05, 0.1) is 19.3 Å². The summed E-state index contributed by atoms with van der Waals surface area (Å²) in [7, 11) is 0. The van der Waals surface area contributed by atoms with Gasteiger partial charge in [0.15, 0.2) is 0 Å². The van der Waals surface area contributed by atoms with Crippen molar-refractivity contribution in [2.75, 3.05) is 32.8 Å². The molecular weight excluding hydrogens is 363 g/mol. The SMILES string of the molecule is Cc1ccc(C(CNC(=O)C2CC2c2cccc(F)c2)N2CCOCC2)s1. The average molecular weight is 389 g/mol. The molecule has 4 rings (SSSR count). The molecule has 27 heavy (non-hydrogen) atoms. The number of benzene rings is 1. The highest BCUT2D eigenvalue weighted by Crippen LogP contribution is 2.47. The predicted octanol–water partition coefficient (Wildman–Crippen LogP) is 3.49. The molecular formula is C21H25FN2O2S. The van der Waals surface area contributed by atoms with Crippen LogP contribution in [0.2, 0.25) is 0 Å². The van der Waals surface area contributed by atoms with Crippen molar-refractivity contribution in [3.05, 3.63) is 57.5 Å². The van der Waals surface area contributed by atoms with E-state index < -0.39 is 0 Å². The number of aryl methyl sites for hydroxylation is 1. The van der Waals surface area contributed by atoms with Crippen LogP contribution in [0.5, 0.6) is 0 Å². The number of carbonyl (C=O) groups excluding carboxylic acids is 1. The van der Waals surface area contributed by atoms with E-state index >= 15 is 0 Å². The van der Waals surface area contributed by atoms with E-state index in [2.05, 4.69) is 29.3 Å². The fourth-order valence-corrected chi connectivity index (χ4v) is 4.86. The van der Waals surface area contributed by atoms with Crippen molar-refractivity contribution in [3.8, 4) is 0 Å². The van der Waals surface area contributed by atoms with Gasteiger partial charge in [0.25, 0.3) is 0 Å². The number of hydrogen-bond acceptors (Lipinski definition) is 4. The van der Waals surface area contributed by atoms with E-state index in [9.17, 15) is 9.18 Å². The Morgan fingerprint density at radius 1 is 1.33 bits per heavy atom. The number of thiophene rings is 1. The van der Waals surface area contributed by atoms with E-state index in [1.54, 1.807) is 23.5 Å². The first-order valence-electron chi connectivity index (χ1n) is 9.53. The number of amides is 1. The summed E-state index contributed by atoms with van der Waals surface area (Å²) in [5, 5.41) is 3.16. The van der Waals surface area contributed by atoms with Crippen LogP contribution in [0.3, 0.4) is 0 Å². The van der Waals surface area contributed by atoms with Gasteiger partial charge in [-0.15, -0.1) is 11.3 Å². The summed E-state index contributed by atoms with van der Waals surface area (Å²) >= 11 is 1.79. The lowest BCUT2D eigenvalue weighted by Crippen LogP contribution is -2.43. The Labute approximate surface area is 163 Å². The van der Waals surface area contributed by atoms with Gasteiger partial charge in [-0.2, -0.15) is 0 Å². The van der Waals surface area contributed by atoms with Crippen LogP contribution < -0.4 is 5.32 Å². The number of nitrogens with one attached hydrogen (secondary N) is 1. The average Bonchev–Trinajstić information content (AvgIpc) is 3.38.